The summed E-state index contributed by atoms with van der Waals surface area (Å²) in [7, 11) is -8.86. The summed E-state index contributed by atoms with van der Waals surface area (Å²) in [5.41, 5.74) is -2.33. The molecule has 1 heterocycles. The molecule has 39 heavy (non-hydrogen) atoms. The number of nitro benzene ring substituents is 1. The van der Waals surface area contributed by atoms with Crippen molar-refractivity contribution in [1.29, 1.82) is 0 Å². The zero-order chi connectivity index (χ0) is 28.4. The van der Waals surface area contributed by atoms with Gasteiger partial charge in [-0.05, 0) is 49.4 Å². The van der Waals surface area contributed by atoms with Crippen LogP contribution >= 0.6 is 0 Å². The zero-order valence-electron chi connectivity index (χ0n) is 19.9. The lowest BCUT2D eigenvalue weighted by Crippen LogP contribution is -2.18. The molecule has 15 heteroatoms. The van der Waals surface area contributed by atoms with Gasteiger partial charge in [0.25, 0.3) is 15.7 Å². The average Bonchev–Trinajstić information content (AvgIpc) is 2.89. The van der Waals surface area contributed by atoms with Crippen molar-refractivity contribution in [3.8, 4) is 5.75 Å². The fourth-order valence-corrected chi connectivity index (χ4v) is 5.38. The van der Waals surface area contributed by atoms with E-state index in [1.165, 1.54) is 36.4 Å². The van der Waals surface area contributed by atoms with Crippen molar-refractivity contribution in [3.05, 3.63) is 98.9 Å². The largest absolute Gasteiger partial charge is 0.462 e. The number of anilines is 1. The lowest BCUT2D eigenvalue weighted by atomic mass is 10.2. The Balaban J connectivity index is 1.64. The first kappa shape index (κ1) is 27.3. The molecule has 0 bridgehead atoms. The summed E-state index contributed by atoms with van der Waals surface area (Å²) in [5.74, 6) is -0.984. The number of carbonyl (C=O) groups excluding carboxylic acids is 1. The number of nitro groups is 1. The Hall–Kier alpha value is -4.76. The summed E-state index contributed by atoms with van der Waals surface area (Å²) in [6.07, 6.45) is 0. The summed E-state index contributed by atoms with van der Waals surface area (Å²) in [6.45, 7) is 1.77. The SMILES string of the molecule is CCOC(=O)c1ccc(S(=O)(=O)Oc2cccc3cc(NS(=O)(=O)c4cccc([N+](=O)[O-])c4)c(=O)oc23)cc1. The Morgan fingerprint density at radius 2 is 1.67 bits per heavy atom. The first-order valence-electron chi connectivity index (χ1n) is 11.0. The van der Waals surface area contributed by atoms with E-state index < -0.39 is 52.9 Å². The van der Waals surface area contributed by atoms with Gasteiger partial charge in [-0.25, -0.2) is 18.0 Å². The Morgan fingerprint density at radius 3 is 2.33 bits per heavy atom. The van der Waals surface area contributed by atoms with Gasteiger partial charge in [0.05, 0.1) is 22.0 Å². The summed E-state index contributed by atoms with van der Waals surface area (Å²) in [4.78, 5) is 33.9. The van der Waals surface area contributed by atoms with Gasteiger partial charge in [-0.1, -0.05) is 18.2 Å². The molecule has 13 nitrogen and oxygen atoms in total. The molecule has 0 saturated carbocycles. The van der Waals surface area contributed by atoms with Crippen molar-refractivity contribution in [1.82, 2.24) is 0 Å². The number of esters is 1. The molecule has 0 aliphatic carbocycles. The predicted octanol–water partition coefficient (Wildman–Crippen LogP) is 3.45. The van der Waals surface area contributed by atoms with Gasteiger partial charge >= 0.3 is 21.7 Å². The number of sulfonamides is 1. The average molecular weight is 575 g/mol. The van der Waals surface area contributed by atoms with Gasteiger partial charge in [-0.2, -0.15) is 8.42 Å². The highest BCUT2D eigenvalue weighted by Gasteiger charge is 2.23. The number of fused-ring (bicyclic) bond motifs is 1. The molecule has 0 fully saturated rings. The number of benzene rings is 3. The molecule has 0 aliphatic rings. The molecule has 4 rings (SSSR count). The number of rotatable bonds is 9. The maximum atomic E-state index is 12.8. The van der Waals surface area contributed by atoms with E-state index in [1.807, 2.05) is 4.72 Å². The minimum atomic E-state index is -4.44. The summed E-state index contributed by atoms with van der Waals surface area (Å²) < 4.78 is 68.4. The predicted molar refractivity (Wildman–Crippen MR) is 137 cm³/mol. The van der Waals surface area contributed by atoms with E-state index in [-0.39, 0.29) is 33.8 Å². The molecule has 1 aromatic heterocycles. The molecular weight excluding hydrogens is 556 g/mol. The molecule has 0 radical (unpaired) electrons. The lowest BCUT2D eigenvalue weighted by Gasteiger charge is -2.11. The second-order valence-electron chi connectivity index (χ2n) is 7.76. The number of ether oxygens (including phenoxy) is 1. The minimum absolute atomic E-state index is 0.108. The van der Waals surface area contributed by atoms with Gasteiger partial charge in [0.1, 0.15) is 10.6 Å². The molecule has 1 N–H and O–H groups in total. The number of hydrogen-bond acceptors (Lipinski definition) is 11. The normalized spacial score (nSPS) is 11.6. The van der Waals surface area contributed by atoms with Crippen molar-refractivity contribution in [2.45, 2.75) is 16.7 Å². The number of nitrogens with zero attached hydrogens (tertiary/aromatic N) is 1. The zero-order valence-corrected chi connectivity index (χ0v) is 21.5. The van der Waals surface area contributed by atoms with Crippen LogP contribution in [0.4, 0.5) is 11.4 Å². The van der Waals surface area contributed by atoms with Crippen LogP contribution in [0.2, 0.25) is 0 Å². The molecule has 0 amide bonds. The van der Waals surface area contributed by atoms with Gasteiger partial charge in [-0.15, -0.1) is 0 Å². The third-order valence-electron chi connectivity index (χ3n) is 5.16. The van der Waals surface area contributed by atoms with E-state index >= 15 is 0 Å². The third-order valence-corrected chi connectivity index (χ3v) is 7.77. The Morgan fingerprint density at radius 1 is 0.974 bits per heavy atom. The van der Waals surface area contributed by atoms with Crippen molar-refractivity contribution >= 4 is 48.5 Å². The Kier molecular flexibility index (Phi) is 7.38. The Bertz CT molecular complexity index is 1860. The molecule has 3 aromatic carbocycles. The van der Waals surface area contributed by atoms with Crippen molar-refractivity contribution in [2.75, 3.05) is 11.3 Å². The molecule has 0 aliphatic heterocycles. The molecule has 4 aromatic rings. The maximum absolute atomic E-state index is 12.8. The molecule has 202 valence electrons. The van der Waals surface area contributed by atoms with Crippen LogP contribution in [0.1, 0.15) is 17.3 Å². The maximum Gasteiger partial charge on any atom is 0.360 e. The van der Waals surface area contributed by atoms with Crippen LogP contribution in [0, 0.1) is 10.1 Å². The smallest absolute Gasteiger partial charge is 0.360 e. The highest BCUT2D eigenvalue weighted by Crippen LogP contribution is 2.29. The molecule has 0 atom stereocenters. The van der Waals surface area contributed by atoms with E-state index in [2.05, 4.69) is 0 Å². The van der Waals surface area contributed by atoms with E-state index in [0.29, 0.717) is 0 Å². The molecule has 0 unspecified atom stereocenters. The number of para-hydroxylation sites is 1. The van der Waals surface area contributed by atoms with Crippen molar-refractivity contribution in [2.24, 2.45) is 0 Å². The Labute approximate surface area is 220 Å². The molecule has 0 spiro atoms. The standard InChI is InChI=1S/C24H18N2O11S2/c1-2-35-23(27)15-9-11-18(12-10-15)39(33,34)37-21-8-3-5-16-13-20(24(28)36-22(16)21)25-38(31,32)19-7-4-6-17(14-19)26(29)30/h3-14,25H,2H2,1H3. The highest BCUT2D eigenvalue weighted by molar-refractivity contribution is 7.92. The number of non-ortho nitro benzene ring substituents is 1. The van der Waals surface area contributed by atoms with E-state index in [0.717, 1.165) is 36.4 Å². The highest BCUT2D eigenvalue weighted by atomic mass is 32.2. The monoisotopic (exact) mass is 574 g/mol. The fourth-order valence-electron chi connectivity index (χ4n) is 3.36. The van der Waals surface area contributed by atoms with E-state index in [1.54, 1.807) is 6.92 Å². The van der Waals surface area contributed by atoms with Crippen LogP contribution < -0.4 is 14.5 Å². The second kappa shape index (κ2) is 10.5. The van der Waals surface area contributed by atoms with E-state index in [4.69, 9.17) is 13.3 Å². The van der Waals surface area contributed by atoms with Gasteiger partial charge < -0.3 is 13.3 Å². The number of hydrogen-bond donors (Lipinski definition) is 1. The molecule has 0 saturated heterocycles. The van der Waals surface area contributed by atoms with Gasteiger partial charge in [0.2, 0.25) is 0 Å². The van der Waals surface area contributed by atoms with Gasteiger partial charge in [0.15, 0.2) is 11.3 Å². The van der Waals surface area contributed by atoms with Crippen LogP contribution in [-0.4, -0.2) is 34.3 Å². The van der Waals surface area contributed by atoms with Crippen LogP contribution in [0.25, 0.3) is 11.0 Å². The second-order valence-corrected chi connectivity index (χ2v) is 11.0. The summed E-state index contributed by atoms with van der Waals surface area (Å²) >= 11 is 0. The fraction of sp³-hybridized carbons (Fsp3) is 0.0833. The van der Waals surface area contributed by atoms with Crippen LogP contribution in [-0.2, 0) is 24.9 Å². The third kappa shape index (κ3) is 5.89. The number of nitrogens with one attached hydrogen (secondary N) is 1. The van der Waals surface area contributed by atoms with Crippen molar-refractivity contribution < 1.29 is 39.9 Å². The lowest BCUT2D eigenvalue weighted by molar-refractivity contribution is -0.385. The first-order chi connectivity index (χ1) is 18.4. The summed E-state index contributed by atoms with van der Waals surface area (Å²) in [5, 5.41) is 11.1. The first-order valence-corrected chi connectivity index (χ1v) is 13.9. The quantitative estimate of drug-likeness (QED) is 0.101. The molecular formula is C24H18N2O11S2. The van der Waals surface area contributed by atoms with Gasteiger partial charge in [-0.3, -0.25) is 14.8 Å². The summed E-state index contributed by atoms with van der Waals surface area (Å²) in [6, 6.07) is 14.1. The van der Waals surface area contributed by atoms with E-state index in [9.17, 15) is 36.5 Å². The minimum Gasteiger partial charge on any atom is -0.462 e. The topological polar surface area (TPSA) is 189 Å². The van der Waals surface area contributed by atoms with Crippen LogP contribution in [0.5, 0.6) is 5.75 Å². The van der Waals surface area contributed by atoms with Crippen LogP contribution in [0.15, 0.2) is 91.8 Å². The van der Waals surface area contributed by atoms with Gasteiger partial charge in [0, 0.05) is 17.5 Å². The van der Waals surface area contributed by atoms with Crippen LogP contribution in [0.3, 0.4) is 0 Å². The number of carbonyl (C=O) groups is 1. The van der Waals surface area contributed by atoms with Crippen molar-refractivity contribution in [3.63, 3.8) is 0 Å².